The molecule has 0 aliphatic carbocycles. The lowest BCUT2D eigenvalue weighted by atomic mass is 9.79. The van der Waals surface area contributed by atoms with Gasteiger partial charge in [0.1, 0.15) is 11.1 Å². The zero-order chi connectivity index (χ0) is 13.5. The Morgan fingerprint density at radius 3 is 2.53 bits per heavy atom. The summed E-state index contributed by atoms with van der Waals surface area (Å²) in [6, 6.07) is 7.88. The molecule has 1 saturated heterocycles. The van der Waals surface area contributed by atoms with Crippen molar-refractivity contribution in [2.45, 2.75) is 19.4 Å². The van der Waals surface area contributed by atoms with Crippen molar-refractivity contribution in [3.8, 4) is 11.4 Å². The molecule has 0 atom stereocenters. The van der Waals surface area contributed by atoms with Crippen LogP contribution in [0.3, 0.4) is 0 Å². The molecule has 1 fully saturated rings. The Balaban J connectivity index is 1.83. The Morgan fingerprint density at radius 2 is 2.00 bits per heavy atom. The van der Waals surface area contributed by atoms with Crippen LogP contribution < -0.4 is 5.46 Å². The van der Waals surface area contributed by atoms with Crippen molar-refractivity contribution >= 4 is 24.1 Å². The molecule has 0 saturated carbocycles. The van der Waals surface area contributed by atoms with Gasteiger partial charge in [-0.2, -0.15) is 4.37 Å². The lowest BCUT2D eigenvalue weighted by Crippen LogP contribution is -2.34. The fourth-order valence-corrected chi connectivity index (χ4v) is 2.30. The van der Waals surface area contributed by atoms with Crippen molar-refractivity contribution in [3.63, 3.8) is 0 Å². The third-order valence-corrected chi connectivity index (χ3v) is 3.60. The van der Waals surface area contributed by atoms with E-state index in [1.54, 1.807) is 5.51 Å². The van der Waals surface area contributed by atoms with Crippen LogP contribution in [0.5, 0.6) is 0 Å². The molecule has 0 N–H and O–H groups in total. The molecular formula is C13H13BN2O2S. The van der Waals surface area contributed by atoms with E-state index in [-0.39, 0.29) is 7.12 Å². The van der Waals surface area contributed by atoms with Crippen LogP contribution in [-0.2, 0) is 9.31 Å². The molecule has 1 aromatic carbocycles. The van der Waals surface area contributed by atoms with Crippen molar-refractivity contribution in [2.75, 3.05) is 0 Å². The number of nitrogens with zero attached hydrogens (tertiary/aromatic N) is 2. The van der Waals surface area contributed by atoms with E-state index in [0.29, 0.717) is 5.76 Å². The first kappa shape index (κ1) is 12.4. The summed E-state index contributed by atoms with van der Waals surface area (Å²) in [7, 11) is -0.389. The van der Waals surface area contributed by atoms with Gasteiger partial charge in [0.15, 0.2) is 5.82 Å². The first-order chi connectivity index (χ1) is 9.06. The van der Waals surface area contributed by atoms with Gasteiger partial charge in [0.25, 0.3) is 0 Å². The van der Waals surface area contributed by atoms with E-state index in [4.69, 9.17) is 9.31 Å². The van der Waals surface area contributed by atoms with Crippen molar-refractivity contribution < 1.29 is 9.31 Å². The van der Waals surface area contributed by atoms with Crippen molar-refractivity contribution in [2.24, 2.45) is 0 Å². The third-order valence-electron chi connectivity index (χ3n) is 3.12. The SMILES string of the molecule is C=C1OB(c2ccc(-c3ncsn3)cc2)OC1(C)C. The van der Waals surface area contributed by atoms with Gasteiger partial charge in [-0.25, -0.2) is 4.98 Å². The predicted molar refractivity (Wildman–Crippen MR) is 76.1 cm³/mol. The van der Waals surface area contributed by atoms with Gasteiger partial charge >= 0.3 is 7.12 Å². The molecule has 3 rings (SSSR count). The van der Waals surface area contributed by atoms with Crippen LogP contribution in [0.25, 0.3) is 11.4 Å². The third kappa shape index (κ3) is 2.29. The lowest BCUT2D eigenvalue weighted by molar-refractivity contribution is 0.173. The van der Waals surface area contributed by atoms with Crippen molar-refractivity contribution in [1.29, 1.82) is 0 Å². The largest absolute Gasteiger partial charge is 0.563 e. The molecule has 0 spiro atoms. The van der Waals surface area contributed by atoms with Gasteiger partial charge in [-0.05, 0) is 30.8 Å². The standard InChI is InChI=1S/C13H13BN2O2S/c1-9-13(2,3)18-14(17-9)11-6-4-10(5-7-11)12-15-8-19-16-12/h4-8H,1H2,2-3H3. The van der Waals surface area contributed by atoms with Gasteiger partial charge in [-0.15, -0.1) is 0 Å². The molecule has 96 valence electrons. The summed E-state index contributed by atoms with van der Waals surface area (Å²) in [5, 5.41) is 0. The monoisotopic (exact) mass is 272 g/mol. The Kier molecular flexibility index (Phi) is 2.91. The first-order valence-corrected chi connectivity index (χ1v) is 6.80. The van der Waals surface area contributed by atoms with Gasteiger partial charge in [0.05, 0.1) is 5.76 Å². The van der Waals surface area contributed by atoms with Crippen LogP contribution in [0.2, 0.25) is 0 Å². The van der Waals surface area contributed by atoms with Gasteiger partial charge in [-0.3, -0.25) is 0 Å². The molecule has 0 amide bonds. The molecule has 1 aliphatic rings. The average Bonchev–Trinajstić information content (AvgIpc) is 2.99. The van der Waals surface area contributed by atoms with Gasteiger partial charge < -0.3 is 9.31 Å². The summed E-state index contributed by atoms with van der Waals surface area (Å²) >= 11 is 1.34. The zero-order valence-corrected chi connectivity index (χ0v) is 11.6. The molecule has 0 unspecified atom stereocenters. The number of aromatic nitrogens is 2. The summed E-state index contributed by atoms with van der Waals surface area (Å²) in [6.07, 6.45) is 0. The average molecular weight is 272 g/mol. The highest BCUT2D eigenvalue weighted by Gasteiger charge is 2.42. The van der Waals surface area contributed by atoms with Crippen LogP contribution in [0.15, 0.2) is 42.1 Å². The molecule has 0 radical (unpaired) electrons. The van der Waals surface area contributed by atoms with E-state index in [1.165, 1.54) is 11.5 Å². The number of benzene rings is 1. The molecule has 6 heteroatoms. The second-order valence-electron chi connectivity index (χ2n) is 4.88. The van der Waals surface area contributed by atoms with Crippen molar-refractivity contribution in [1.82, 2.24) is 9.36 Å². The summed E-state index contributed by atoms with van der Waals surface area (Å²) in [6.45, 7) is 7.77. The van der Waals surface area contributed by atoms with E-state index in [1.807, 2.05) is 38.1 Å². The second-order valence-corrected chi connectivity index (χ2v) is 5.48. The maximum absolute atomic E-state index is 5.83. The van der Waals surface area contributed by atoms with Gasteiger partial charge in [-0.1, -0.05) is 30.8 Å². The van der Waals surface area contributed by atoms with E-state index in [9.17, 15) is 0 Å². The van der Waals surface area contributed by atoms with Crippen LogP contribution in [-0.4, -0.2) is 22.1 Å². The Labute approximate surface area is 116 Å². The molecular weight excluding hydrogens is 259 g/mol. The summed E-state index contributed by atoms with van der Waals surface area (Å²) in [4.78, 5) is 4.18. The summed E-state index contributed by atoms with van der Waals surface area (Å²) < 4.78 is 15.7. The molecule has 1 aliphatic heterocycles. The maximum atomic E-state index is 5.83. The Bertz CT molecular complexity index is 596. The topological polar surface area (TPSA) is 44.2 Å². The number of hydrogen-bond acceptors (Lipinski definition) is 5. The predicted octanol–water partition coefficient (Wildman–Crippen LogP) is 2.24. The smallest absolute Gasteiger partial charge is 0.534 e. The van der Waals surface area contributed by atoms with Crippen LogP contribution >= 0.6 is 11.5 Å². The van der Waals surface area contributed by atoms with Gasteiger partial charge in [0, 0.05) is 5.56 Å². The molecule has 2 heterocycles. The molecule has 2 aromatic rings. The van der Waals surface area contributed by atoms with Crippen LogP contribution in [0.1, 0.15) is 13.8 Å². The maximum Gasteiger partial charge on any atom is 0.563 e. The Hall–Kier alpha value is -1.66. The highest BCUT2D eigenvalue weighted by molar-refractivity contribution is 7.03. The number of hydrogen-bond donors (Lipinski definition) is 0. The minimum atomic E-state index is -0.445. The normalized spacial score (nSPS) is 17.6. The van der Waals surface area contributed by atoms with Gasteiger partial charge in [0.2, 0.25) is 0 Å². The number of rotatable bonds is 2. The minimum absolute atomic E-state index is 0.389. The Morgan fingerprint density at radius 1 is 1.26 bits per heavy atom. The van der Waals surface area contributed by atoms with Crippen LogP contribution in [0.4, 0.5) is 0 Å². The molecule has 0 bridgehead atoms. The molecule has 19 heavy (non-hydrogen) atoms. The van der Waals surface area contributed by atoms with E-state index in [0.717, 1.165) is 16.9 Å². The molecule has 4 nitrogen and oxygen atoms in total. The second kappa shape index (κ2) is 4.47. The minimum Gasteiger partial charge on any atom is -0.534 e. The summed E-state index contributed by atoms with van der Waals surface area (Å²) in [5.74, 6) is 1.40. The first-order valence-electron chi connectivity index (χ1n) is 5.97. The van der Waals surface area contributed by atoms with Crippen molar-refractivity contribution in [3.05, 3.63) is 42.1 Å². The van der Waals surface area contributed by atoms with E-state index < -0.39 is 5.60 Å². The molecule has 1 aromatic heterocycles. The van der Waals surface area contributed by atoms with E-state index >= 15 is 0 Å². The zero-order valence-electron chi connectivity index (χ0n) is 10.8. The highest BCUT2D eigenvalue weighted by Crippen LogP contribution is 2.29. The fourth-order valence-electron chi connectivity index (χ4n) is 1.85. The fraction of sp³-hybridized carbons (Fsp3) is 0.231. The summed E-state index contributed by atoms with van der Waals surface area (Å²) in [5.41, 5.74) is 3.23. The van der Waals surface area contributed by atoms with Crippen LogP contribution in [0, 0.1) is 0 Å². The lowest BCUT2D eigenvalue weighted by Gasteiger charge is -2.15. The highest BCUT2D eigenvalue weighted by atomic mass is 32.1. The van der Waals surface area contributed by atoms with E-state index in [2.05, 4.69) is 15.9 Å². The quantitative estimate of drug-likeness (QED) is 0.786.